The molecule has 7 heteroatoms. The van der Waals surface area contributed by atoms with Gasteiger partial charge in [-0.1, -0.05) is 13.8 Å². The number of pyridine rings is 1. The van der Waals surface area contributed by atoms with Crippen molar-refractivity contribution in [1.82, 2.24) is 4.98 Å². The van der Waals surface area contributed by atoms with Crippen LogP contribution in [0.1, 0.15) is 38.3 Å². The van der Waals surface area contributed by atoms with Gasteiger partial charge in [0.15, 0.2) is 0 Å². The van der Waals surface area contributed by atoms with Crippen LogP contribution in [0.2, 0.25) is 0 Å². The Kier molecular flexibility index (Phi) is 4.52. The number of aryl methyl sites for hydroxylation is 1. The number of fused-ring (bicyclic) bond motifs is 1. The quantitative estimate of drug-likeness (QED) is 0.892. The van der Waals surface area contributed by atoms with Crippen molar-refractivity contribution in [2.75, 3.05) is 16.2 Å². The lowest BCUT2D eigenvalue weighted by molar-refractivity contribution is -0.120. The normalized spacial score (nSPS) is 16.3. The number of rotatable bonds is 4. The zero-order valence-corrected chi connectivity index (χ0v) is 16.2. The molecule has 26 heavy (non-hydrogen) atoms. The minimum atomic E-state index is -3.77. The van der Waals surface area contributed by atoms with Crippen LogP contribution in [-0.2, 0) is 20.2 Å². The van der Waals surface area contributed by atoms with E-state index in [0.29, 0.717) is 13.0 Å². The Bertz CT molecular complexity index is 968. The Hall–Kier alpha value is -2.41. The van der Waals surface area contributed by atoms with Crippen LogP contribution >= 0.6 is 0 Å². The molecule has 0 radical (unpaired) electrons. The third-order valence-corrected chi connectivity index (χ3v) is 6.02. The number of nitrogens with one attached hydrogen (secondary N) is 1. The maximum absolute atomic E-state index is 12.8. The fraction of sp³-hybridized carbons (Fsp3) is 0.368. The maximum Gasteiger partial charge on any atom is 0.263 e. The number of nitrogens with zero attached hydrogens (tertiary/aromatic N) is 2. The van der Waals surface area contributed by atoms with E-state index >= 15 is 0 Å². The molecule has 0 bridgehead atoms. The molecule has 1 aromatic carbocycles. The molecule has 6 nitrogen and oxygen atoms in total. The predicted octanol–water partition coefficient (Wildman–Crippen LogP) is 3.23. The van der Waals surface area contributed by atoms with E-state index in [4.69, 9.17) is 0 Å². The van der Waals surface area contributed by atoms with Gasteiger partial charge in [-0.3, -0.25) is 9.52 Å². The summed E-state index contributed by atoms with van der Waals surface area (Å²) in [5, 5.41) is 0. The number of anilines is 2. The van der Waals surface area contributed by atoms with E-state index in [1.807, 2.05) is 27.7 Å². The van der Waals surface area contributed by atoms with Crippen molar-refractivity contribution in [2.24, 2.45) is 0 Å². The van der Waals surface area contributed by atoms with Crippen LogP contribution in [0, 0.1) is 6.92 Å². The third kappa shape index (κ3) is 3.31. The molecule has 3 rings (SSSR count). The van der Waals surface area contributed by atoms with Gasteiger partial charge in [-0.15, -0.1) is 0 Å². The number of hydrogen-bond donors (Lipinski definition) is 1. The second-order valence-electron chi connectivity index (χ2n) is 7.20. The summed E-state index contributed by atoms with van der Waals surface area (Å²) in [7, 11) is -3.77. The molecule has 1 aliphatic rings. The van der Waals surface area contributed by atoms with Crippen molar-refractivity contribution >= 4 is 27.4 Å². The number of hydrogen-bond acceptors (Lipinski definition) is 4. The highest BCUT2D eigenvalue weighted by atomic mass is 32.2. The molecule has 0 spiro atoms. The minimum absolute atomic E-state index is 0.0580. The number of sulfonamides is 1. The molecule has 1 amide bonds. The summed E-state index contributed by atoms with van der Waals surface area (Å²) in [4.78, 5) is 18.3. The Morgan fingerprint density at radius 3 is 2.62 bits per heavy atom. The molecule has 0 atom stereocenters. The summed E-state index contributed by atoms with van der Waals surface area (Å²) in [6, 6.07) is 8.40. The summed E-state index contributed by atoms with van der Waals surface area (Å²) in [5.74, 6) is 0.343. The molecule has 2 aromatic rings. The van der Waals surface area contributed by atoms with Crippen LogP contribution in [0.25, 0.3) is 0 Å². The highest BCUT2D eigenvalue weighted by Gasteiger charge is 2.36. The van der Waals surface area contributed by atoms with Crippen LogP contribution in [0.15, 0.2) is 41.4 Å². The molecular weight excluding hydrogens is 350 g/mol. The van der Waals surface area contributed by atoms with Gasteiger partial charge in [-0.2, -0.15) is 0 Å². The van der Waals surface area contributed by atoms with Crippen LogP contribution < -0.4 is 9.62 Å². The van der Waals surface area contributed by atoms with Gasteiger partial charge < -0.3 is 4.90 Å². The monoisotopic (exact) mass is 373 g/mol. The Labute approximate surface area is 154 Å². The first kappa shape index (κ1) is 18.4. The van der Waals surface area contributed by atoms with E-state index in [1.54, 1.807) is 35.4 Å². The van der Waals surface area contributed by atoms with Crippen molar-refractivity contribution in [3.05, 3.63) is 47.7 Å². The molecule has 2 heterocycles. The van der Waals surface area contributed by atoms with Gasteiger partial charge in [0.05, 0.1) is 4.90 Å². The minimum Gasteiger partial charge on any atom is -0.312 e. The molecule has 0 fully saturated rings. The molecule has 0 unspecified atom stereocenters. The number of carbonyl (C=O) groups excluding carboxylic acids is 1. The van der Waals surface area contributed by atoms with E-state index < -0.39 is 15.4 Å². The second-order valence-corrected chi connectivity index (χ2v) is 8.88. The molecule has 0 aliphatic carbocycles. The van der Waals surface area contributed by atoms with Crippen molar-refractivity contribution in [1.29, 1.82) is 0 Å². The van der Waals surface area contributed by atoms with Crippen molar-refractivity contribution in [3.63, 3.8) is 0 Å². The van der Waals surface area contributed by atoms with Crippen LogP contribution in [-0.4, -0.2) is 25.9 Å². The lowest BCUT2D eigenvalue weighted by atomic mass is 9.77. The van der Waals surface area contributed by atoms with E-state index in [0.717, 1.165) is 16.8 Å². The van der Waals surface area contributed by atoms with Gasteiger partial charge in [-0.25, -0.2) is 13.4 Å². The first-order valence-corrected chi connectivity index (χ1v) is 10.0. The lowest BCUT2D eigenvalue weighted by Gasteiger charge is -2.38. The van der Waals surface area contributed by atoms with E-state index in [1.165, 1.54) is 6.07 Å². The number of aromatic nitrogens is 1. The largest absolute Gasteiger partial charge is 0.312 e. The van der Waals surface area contributed by atoms with Crippen molar-refractivity contribution < 1.29 is 13.2 Å². The zero-order valence-electron chi connectivity index (χ0n) is 15.4. The van der Waals surface area contributed by atoms with Gasteiger partial charge in [0.2, 0.25) is 5.91 Å². The number of carbonyl (C=O) groups is 1. The average molecular weight is 373 g/mol. The first-order chi connectivity index (χ1) is 12.1. The summed E-state index contributed by atoms with van der Waals surface area (Å²) in [6.07, 6.45) is 1.91. The fourth-order valence-electron chi connectivity index (χ4n) is 3.30. The molecule has 0 saturated heterocycles. The SMILES string of the molecule is CCN1C(=O)CC(C)(C)c2cc(S(=O)(=O)Nc3cc(C)ccn3)ccc21. The zero-order chi connectivity index (χ0) is 19.1. The van der Waals surface area contributed by atoms with Crippen molar-refractivity contribution in [3.8, 4) is 0 Å². The van der Waals surface area contributed by atoms with Gasteiger partial charge in [-0.05, 0) is 55.3 Å². The van der Waals surface area contributed by atoms with Gasteiger partial charge in [0.1, 0.15) is 5.82 Å². The van der Waals surface area contributed by atoms with Gasteiger partial charge in [0.25, 0.3) is 10.0 Å². The summed E-state index contributed by atoms with van der Waals surface area (Å²) in [6.45, 7) is 8.26. The summed E-state index contributed by atoms with van der Waals surface area (Å²) in [5.41, 5.74) is 2.13. The van der Waals surface area contributed by atoms with Crippen LogP contribution in [0.5, 0.6) is 0 Å². The molecule has 0 saturated carbocycles. The van der Waals surface area contributed by atoms with Gasteiger partial charge in [0, 0.05) is 30.3 Å². The Balaban J connectivity index is 2.03. The highest BCUT2D eigenvalue weighted by molar-refractivity contribution is 7.92. The molecule has 138 valence electrons. The maximum atomic E-state index is 12.8. The summed E-state index contributed by atoms with van der Waals surface area (Å²) >= 11 is 0. The second kappa shape index (κ2) is 6.39. The first-order valence-electron chi connectivity index (χ1n) is 8.54. The predicted molar refractivity (Wildman–Crippen MR) is 102 cm³/mol. The van der Waals surface area contributed by atoms with Gasteiger partial charge >= 0.3 is 0 Å². The van der Waals surface area contributed by atoms with E-state index in [2.05, 4.69) is 9.71 Å². The topological polar surface area (TPSA) is 79.4 Å². The van der Waals surface area contributed by atoms with E-state index in [9.17, 15) is 13.2 Å². The van der Waals surface area contributed by atoms with E-state index in [-0.39, 0.29) is 16.6 Å². The molecular formula is C19H23N3O3S. The molecule has 1 aliphatic heterocycles. The summed E-state index contributed by atoms with van der Waals surface area (Å²) < 4.78 is 28.1. The number of amides is 1. The average Bonchev–Trinajstić information content (AvgIpc) is 2.54. The fourth-order valence-corrected chi connectivity index (χ4v) is 4.32. The van der Waals surface area contributed by atoms with Crippen molar-refractivity contribution in [2.45, 2.75) is 44.4 Å². The highest BCUT2D eigenvalue weighted by Crippen LogP contribution is 2.41. The third-order valence-electron chi connectivity index (χ3n) is 4.66. The molecule has 1 aromatic heterocycles. The Morgan fingerprint density at radius 1 is 1.23 bits per heavy atom. The van der Waals surface area contributed by atoms with Crippen LogP contribution in [0.3, 0.4) is 0 Å². The molecule has 1 N–H and O–H groups in total. The number of benzene rings is 1. The lowest BCUT2D eigenvalue weighted by Crippen LogP contribution is -2.41. The Morgan fingerprint density at radius 2 is 1.96 bits per heavy atom. The van der Waals surface area contributed by atoms with Crippen LogP contribution in [0.4, 0.5) is 11.5 Å². The standard InChI is InChI=1S/C19H23N3O3S/c1-5-22-16-7-6-14(11-15(16)19(3,4)12-18(22)23)26(24,25)21-17-10-13(2)8-9-20-17/h6-11H,5,12H2,1-4H3,(H,20,21). The smallest absolute Gasteiger partial charge is 0.263 e.